The van der Waals surface area contributed by atoms with Gasteiger partial charge in [0, 0.05) is 24.1 Å². The Hall–Kier alpha value is -2.60. The number of hydrogen-bond donors (Lipinski definition) is 0. The molecule has 0 aliphatic rings. The van der Waals surface area contributed by atoms with Crippen molar-refractivity contribution in [3.05, 3.63) is 83.0 Å². The summed E-state index contributed by atoms with van der Waals surface area (Å²) in [5.41, 5.74) is 2.24. The SMILES string of the molecule is CCN(Cc1cccc(F)c1)C(=O)c1ccccc1SCc1cc(C)no1. The molecule has 0 saturated carbocycles. The monoisotopic (exact) mass is 384 g/mol. The van der Waals surface area contributed by atoms with E-state index in [1.54, 1.807) is 11.0 Å². The minimum absolute atomic E-state index is 0.0707. The maximum absolute atomic E-state index is 13.5. The van der Waals surface area contributed by atoms with Gasteiger partial charge in [-0.25, -0.2) is 4.39 Å². The first-order valence-corrected chi connectivity index (χ1v) is 9.73. The summed E-state index contributed by atoms with van der Waals surface area (Å²) in [5.74, 6) is 1.00. The minimum atomic E-state index is -0.297. The first kappa shape index (κ1) is 19.2. The van der Waals surface area contributed by atoms with Crippen molar-refractivity contribution < 1.29 is 13.7 Å². The van der Waals surface area contributed by atoms with Crippen molar-refractivity contribution in [1.29, 1.82) is 0 Å². The number of thioether (sulfide) groups is 1. The summed E-state index contributed by atoms with van der Waals surface area (Å²) in [7, 11) is 0. The van der Waals surface area contributed by atoms with Crippen LogP contribution >= 0.6 is 11.8 Å². The number of halogens is 1. The molecule has 4 nitrogen and oxygen atoms in total. The number of aryl methyl sites for hydroxylation is 1. The molecule has 27 heavy (non-hydrogen) atoms. The van der Waals surface area contributed by atoms with E-state index >= 15 is 0 Å². The number of benzene rings is 2. The fourth-order valence-electron chi connectivity index (χ4n) is 2.76. The third-order valence-corrected chi connectivity index (χ3v) is 5.19. The van der Waals surface area contributed by atoms with Crippen LogP contribution in [0.4, 0.5) is 4.39 Å². The van der Waals surface area contributed by atoms with Gasteiger partial charge in [0.2, 0.25) is 0 Å². The van der Waals surface area contributed by atoms with Crippen molar-refractivity contribution in [2.75, 3.05) is 6.54 Å². The van der Waals surface area contributed by atoms with Gasteiger partial charge in [0.15, 0.2) is 0 Å². The molecule has 3 aromatic rings. The summed E-state index contributed by atoms with van der Waals surface area (Å²) in [6, 6.07) is 15.8. The smallest absolute Gasteiger partial charge is 0.255 e. The zero-order valence-corrected chi connectivity index (χ0v) is 16.1. The highest BCUT2D eigenvalue weighted by Gasteiger charge is 2.18. The molecule has 1 amide bonds. The number of amides is 1. The van der Waals surface area contributed by atoms with Gasteiger partial charge < -0.3 is 9.42 Å². The van der Waals surface area contributed by atoms with Gasteiger partial charge in [-0.1, -0.05) is 29.4 Å². The maximum atomic E-state index is 13.5. The molecule has 0 fully saturated rings. The number of carbonyl (C=O) groups excluding carboxylic acids is 1. The van der Waals surface area contributed by atoms with Crippen molar-refractivity contribution in [2.24, 2.45) is 0 Å². The average molecular weight is 384 g/mol. The van der Waals surface area contributed by atoms with Crippen LogP contribution in [0, 0.1) is 12.7 Å². The lowest BCUT2D eigenvalue weighted by Crippen LogP contribution is -2.30. The Kier molecular flexibility index (Phi) is 6.29. The summed E-state index contributed by atoms with van der Waals surface area (Å²) in [6.07, 6.45) is 0. The standard InChI is InChI=1S/C21H21FN2O2S/c1-3-24(13-16-7-6-8-17(22)12-16)21(25)19-9-4-5-10-20(19)27-14-18-11-15(2)23-26-18/h4-12H,3,13-14H2,1-2H3. The molecule has 1 heterocycles. The summed E-state index contributed by atoms with van der Waals surface area (Å²) >= 11 is 1.54. The maximum Gasteiger partial charge on any atom is 0.255 e. The number of nitrogens with zero attached hydrogens (tertiary/aromatic N) is 2. The van der Waals surface area contributed by atoms with E-state index < -0.39 is 0 Å². The molecule has 140 valence electrons. The van der Waals surface area contributed by atoms with Crippen LogP contribution in [0.2, 0.25) is 0 Å². The van der Waals surface area contributed by atoms with Crippen molar-refractivity contribution in [1.82, 2.24) is 10.1 Å². The lowest BCUT2D eigenvalue weighted by molar-refractivity contribution is 0.0749. The molecular weight excluding hydrogens is 363 g/mol. The Morgan fingerprint density at radius 1 is 1.19 bits per heavy atom. The Labute approximate surface area is 162 Å². The van der Waals surface area contributed by atoms with E-state index in [2.05, 4.69) is 5.16 Å². The summed E-state index contributed by atoms with van der Waals surface area (Å²) < 4.78 is 18.7. The highest BCUT2D eigenvalue weighted by molar-refractivity contribution is 7.98. The number of hydrogen-bond acceptors (Lipinski definition) is 4. The van der Waals surface area contributed by atoms with E-state index in [4.69, 9.17) is 4.52 Å². The second kappa shape index (κ2) is 8.86. The number of carbonyl (C=O) groups is 1. The molecule has 0 spiro atoms. The van der Waals surface area contributed by atoms with Crippen LogP contribution in [-0.2, 0) is 12.3 Å². The predicted molar refractivity (Wildman–Crippen MR) is 104 cm³/mol. The normalized spacial score (nSPS) is 10.8. The molecule has 2 aromatic carbocycles. The molecule has 0 saturated heterocycles. The van der Waals surface area contributed by atoms with Gasteiger partial charge in [0.1, 0.15) is 11.6 Å². The molecule has 0 N–H and O–H groups in total. The minimum Gasteiger partial charge on any atom is -0.360 e. The van der Waals surface area contributed by atoms with Crippen molar-refractivity contribution in [3.63, 3.8) is 0 Å². The first-order chi connectivity index (χ1) is 13.1. The molecule has 1 aromatic heterocycles. The first-order valence-electron chi connectivity index (χ1n) is 8.74. The fourth-order valence-corrected chi connectivity index (χ4v) is 3.68. The molecule has 0 bridgehead atoms. The van der Waals surface area contributed by atoms with Gasteiger partial charge in [-0.05, 0) is 43.7 Å². The van der Waals surface area contributed by atoms with Gasteiger partial charge in [-0.2, -0.15) is 0 Å². The van der Waals surface area contributed by atoms with E-state index in [0.717, 1.165) is 21.9 Å². The summed E-state index contributed by atoms with van der Waals surface area (Å²) in [5, 5.41) is 3.89. The van der Waals surface area contributed by atoms with Crippen molar-refractivity contribution in [3.8, 4) is 0 Å². The van der Waals surface area contributed by atoms with Crippen LogP contribution < -0.4 is 0 Å². The van der Waals surface area contributed by atoms with Crippen LogP contribution in [-0.4, -0.2) is 22.5 Å². The lowest BCUT2D eigenvalue weighted by atomic mass is 10.1. The third kappa shape index (κ3) is 4.98. The van der Waals surface area contributed by atoms with Crippen LogP contribution in [0.25, 0.3) is 0 Å². The van der Waals surface area contributed by atoms with Gasteiger partial charge >= 0.3 is 0 Å². The molecule has 0 atom stereocenters. The zero-order valence-electron chi connectivity index (χ0n) is 15.3. The molecule has 0 radical (unpaired) electrons. The zero-order chi connectivity index (χ0) is 19.2. The molecule has 6 heteroatoms. The Morgan fingerprint density at radius 3 is 2.70 bits per heavy atom. The van der Waals surface area contributed by atoms with Crippen LogP contribution in [0.1, 0.15) is 34.3 Å². The van der Waals surface area contributed by atoms with Crippen LogP contribution in [0.3, 0.4) is 0 Å². The average Bonchev–Trinajstić information content (AvgIpc) is 3.09. The second-order valence-corrected chi connectivity index (χ2v) is 7.19. The molecule has 3 rings (SSSR count). The molecule has 0 aliphatic heterocycles. The Balaban J connectivity index is 1.76. The summed E-state index contributed by atoms with van der Waals surface area (Å²) in [4.78, 5) is 15.7. The number of rotatable bonds is 7. The van der Waals surface area contributed by atoms with Crippen molar-refractivity contribution in [2.45, 2.75) is 31.0 Å². The van der Waals surface area contributed by atoms with E-state index in [1.165, 1.54) is 23.9 Å². The summed E-state index contributed by atoms with van der Waals surface area (Å²) in [6.45, 7) is 4.70. The predicted octanol–water partition coefficient (Wildman–Crippen LogP) is 5.08. The van der Waals surface area contributed by atoms with E-state index in [9.17, 15) is 9.18 Å². The lowest BCUT2D eigenvalue weighted by Gasteiger charge is -2.22. The van der Waals surface area contributed by atoms with E-state index in [-0.39, 0.29) is 11.7 Å². The Bertz CT molecular complexity index is 926. The largest absolute Gasteiger partial charge is 0.360 e. The fraction of sp³-hybridized carbons (Fsp3) is 0.238. The van der Waals surface area contributed by atoms with E-state index in [0.29, 0.717) is 24.4 Å². The highest BCUT2D eigenvalue weighted by Crippen LogP contribution is 2.28. The quantitative estimate of drug-likeness (QED) is 0.533. The van der Waals surface area contributed by atoms with Gasteiger partial charge in [-0.3, -0.25) is 4.79 Å². The van der Waals surface area contributed by atoms with E-state index in [1.807, 2.05) is 50.2 Å². The molecule has 0 unspecified atom stereocenters. The van der Waals surface area contributed by atoms with Crippen LogP contribution in [0.5, 0.6) is 0 Å². The van der Waals surface area contributed by atoms with Crippen molar-refractivity contribution >= 4 is 17.7 Å². The van der Waals surface area contributed by atoms with Gasteiger partial charge in [0.25, 0.3) is 5.91 Å². The van der Waals surface area contributed by atoms with Gasteiger partial charge in [0.05, 0.1) is 17.0 Å². The molecule has 0 aliphatic carbocycles. The third-order valence-electron chi connectivity index (χ3n) is 4.10. The van der Waals surface area contributed by atoms with Gasteiger partial charge in [-0.15, -0.1) is 11.8 Å². The second-order valence-electron chi connectivity index (χ2n) is 6.17. The molecular formula is C21H21FN2O2S. The van der Waals surface area contributed by atoms with Crippen LogP contribution in [0.15, 0.2) is 64.0 Å². The Morgan fingerprint density at radius 2 is 2.00 bits per heavy atom. The highest BCUT2D eigenvalue weighted by atomic mass is 32.2. The number of aromatic nitrogens is 1. The topological polar surface area (TPSA) is 46.3 Å².